The van der Waals surface area contributed by atoms with Crippen LogP contribution in [0.1, 0.15) is 25.8 Å². The van der Waals surface area contributed by atoms with Gasteiger partial charge in [-0.1, -0.05) is 26.0 Å². The molecule has 1 unspecified atom stereocenters. The molecule has 1 fully saturated rings. The number of aryl methyl sites for hydroxylation is 1. The summed E-state index contributed by atoms with van der Waals surface area (Å²) in [4.78, 5) is 11.7. The van der Waals surface area contributed by atoms with Gasteiger partial charge in [0.2, 0.25) is 0 Å². The number of carboxylic acid groups (broad SMARTS) is 1. The second-order valence-corrected chi connectivity index (χ2v) is 5.94. The molecule has 1 saturated carbocycles. The summed E-state index contributed by atoms with van der Waals surface area (Å²) in [6.45, 7) is 4.06. The maximum absolute atomic E-state index is 11.7. The van der Waals surface area contributed by atoms with Gasteiger partial charge in [-0.3, -0.25) is 4.79 Å². The van der Waals surface area contributed by atoms with Gasteiger partial charge in [0.15, 0.2) is 0 Å². The average molecular weight is 243 g/mol. The lowest BCUT2D eigenvalue weighted by Gasteiger charge is -2.17. The van der Waals surface area contributed by atoms with E-state index in [0.29, 0.717) is 6.42 Å². The van der Waals surface area contributed by atoms with Crippen molar-refractivity contribution in [1.29, 1.82) is 0 Å². The van der Waals surface area contributed by atoms with Gasteiger partial charge in [-0.2, -0.15) is 0 Å². The molecule has 3 nitrogen and oxygen atoms in total. The summed E-state index contributed by atoms with van der Waals surface area (Å²) in [5.74, 6) is -0.705. The number of hydrogen-bond donors (Lipinski definition) is 1. The molecular formula is C15H17NO2. The van der Waals surface area contributed by atoms with E-state index in [1.807, 2.05) is 55.9 Å². The van der Waals surface area contributed by atoms with Crippen molar-refractivity contribution in [2.75, 3.05) is 0 Å². The predicted octanol–water partition coefficient (Wildman–Crippen LogP) is 2.93. The SMILES string of the molecule is Cn1ccc2c(C3(C(=O)O)CC3(C)C)cccc21. The highest BCUT2D eigenvalue weighted by atomic mass is 16.4. The molecule has 1 aliphatic carbocycles. The Labute approximate surface area is 106 Å². The molecule has 0 aliphatic heterocycles. The molecule has 2 aromatic rings. The fourth-order valence-electron chi connectivity index (χ4n) is 3.23. The third-order valence-corrected chi connectivity index (χ3v) is 4.49. The van der Waals surface area contributed by atoms with Crippen LogP contribution in [0, 0.1) is 5.41 Å². The highest BCUT2D eigenvalue weighted by Crippen LogP contribution is 2.65. The Morgan fingerprint density at radius 1 is 1.33 bits per heavy atom. The number of aromatic nitrogens is 1. The second kappa shape index (κ2) is 3.16. The van der Waals surface area contributed by atoms with E-state index in [2.05, 4.69) is 0 Å². The Morgan fingerprint density at radius 3 is 2.56 bits per heavy atom. The summed E-state index contributed by atoms with van der Waals surface area (Å²) >= 11 is 0. The largest absolute Gasteiger partial charge is 0.481 e. The molecule has 1 atom stereocenters. The van der Waals surface area contributed by atoms with Gasteiger partial charge in [0.1, 0.15) is 0 Å². The summed E-state index contributed by atoms with van der Waals surface area (Å²) in [6, 6.07) is 7.97. The molecular weight excluding hydrogens is 226 g/mol. The number of carboxylic acids is 1. The van der Waals surface area contributed by atoms with Gasteiger partial charge in [-0.05, 0) is 29.5 Å². The molecule has 94 valence electrons. The standard InChI is InChI=1S/C15H17NO2/c1-14(2)9-15(14,13(17)18)11-5-4-6-12-10(11)7-8-16(12)3/h4-8H,9H2,1-3H3,(H,17,18). The van der Waals surface area contributed by atoms with Crippen molar-refractivity contribution in [3.63, 3.8) is 0 Å². The highest BCUT2D eigenvalue weighted by Gasteiger charge is 2.68. The first-order valence-electron chi connectivity index (χ1n) is 6.18. The van der Waals surface area contributed by atoms with Crippen molar-refractivity contribution in [2.24, 2.45) is 12.5 Å². The Bertz CT molecular complexity index is 654. The highest BCUT2D eigenvalue weighted by molar-refractivity contribution is 5.95. The van der Waals surface area contributed by atoms with Crippen molar-refractivity contribution >= 4 is 16.9 Å². The first kappa shape index (κ1) is 11.3. The van der Waals surface area contributed by atoms with E-state index in [0.717, 1.165) is 16.5 Å². The fraction of sp³-hybridized carbons (Fsp3) is 0.400. The molecule has 0 spiro atoms. The van der Waals surface area contributed by atoms with Gasteiger partial charge in [-0.15, -0.1) is 0 Å². The molecule has 3 rings (SSSR count). The molecule has 0 radical (unpaired) electrons. The quantitative estimate of drug-likeness (QED) is 0.881. The van der Waals surface area contributed by atoms with Gasteiger partial charge in [0.05, 0.1) is 5.41 Å². The number of aliphatic carboxylic acids is 1. The van der Waals surface area contributed by atoms with Crippen LogP contribution in [0.2, 0.25) is 0 Å². The summed E-state index contributed by atoms with van der Waals surface area (Å²) in [6.07, 6.45) is 2.70. The van der Waals surface area contributed by atoms with E-state index < -0.39 is 11.4 Å². The topological polar surface area (TPSA) is 42.2 Å². The number of nitrogens with zero attached hydrogens (tertiary/aromatic N) is 1. The van der Waals surface area contributed by atoms with E-state index in [1.165, 1.54) is 0 Å². The summed E-state index contributed by atoms with van der Waals surface area (Å²) in [5, 5.41) is 10.7. The van der Waals surface area contributed by atoms with Gasteiger partial charge < -0.3 is 9.67 Å². The molecule has 3 heteroatoms. The summed E-state index contributed by atoms with van der Waals surface area (Å²) < 4.78 is 2.03. The number of carbonyl (C=O) groups is 1. The minimum Gasteiger partial charge on any atom is -0.481 e. The zero-order valence-electron chi connectivity index (χ0n) is 10.9. The summed E-state index contributed by atoms with van der Waals surface area (Å²) in [5.41, 5.74) is 1.17. The van der Waals surface area contributed by atoms with Gasteiger partial charge >= 0.3 is 5.97 Å². The smallest absolute Gasteiger partial charge is 0.314 e. The Balaban J connectivity index is 2.30. The van der Waals surface area contributed by atoms with Crippen LogP contribution in [0.4, 0.5) is 0 Å². The van der Waals surface area contributed by atoms with E-state index in [9.17, 15) is 9.90 Å². The molecule has 1 N–H and O–H groups in total. The van der Waals surface area contributed by atoms with E-state index in [1.54, 1.807) is 0 Å². The fourth-order valence-corrected chi connectivity index (χ4v) is 3.23. The molecule has 1 heterocycles. The van der Waals surface area contributed by atoms with Crippen LogP contribution in [-0.4, -0.2) is 15.6 Å². The lowest BCUT2D eigenvalue weighted by molar-refractivity contribution is -0.141. The second-order valence-electron chi connectivity index (χ2n) is 5.94. The number of benzene rings is 1. The van der Waals surface area contributed by atoms with Crippen LogP contribution in [0.15, 0.2) is 30.5 Å². The van der Waals surface area contributed by atoms with Crippen molar-refractivity contribution < 1.29 is 9.90 Å². The number of fused-ring (bicyclic) bond motifs is 1. The monoisotopic (exact) mass is 243 g/mol. The van der Waals surface area contributed by atoms with Crippen LogP contribution >= 0.6 is 0 Å². The minimum atomic E-state index is -0.714. The molecule has 0 saturated heterocycles. The molecule has 0 bridgehead atoms. The zero-order chi connectivity index (χ0) is 13.1. The van der Waals surface area contributed by atoms with Crippen LogP contribution < -0.4 is 0 Å². The van der Waals surface area contributed by atoms with Gasteiger partial charge in [0, 0.05) is 24.1 Å². The van der Waals surface area contributed by atoms with Crippen LogP contribution in [-0.2, 0) is 17.3 Å². The third kappa shape index (κ3) is 1.17. The first-order valence-corrected chi connectivity index (χ1v) is 6.18. The van der Waals surface area contributed by atoms with Crippen LogP contribution in [0.3, 0.4) is 0 Å². The van der Waals surface area contributed by atoms with Crippen LogP contribution in [0.5, 0.6) is 0 Å². The molecule has 1 aromatic carbocycles. The zero-order valence-corrected chi connectivity index (χ0v) is 10.9. The minimum absolute atomic E-state index is 0.164. The van der Waals surface area contributed by atoms with Crippen molar-refractivity contribution in [1.82, 2.24) is 4.57 Å². The predicted molar refractivity (Wildman–Crippen MR) is 70.6 cm³/mol. The third-order valence-electron chi connectivity index (χ3n) is 4.49. The normalized spacial score (nSPS) is 25.3. The average Bonchev–Trinajstić information content (AvgIpc) is 2.70. The Morgan fingerprint density at radius 2 is 2.00 bits per heavy atom. The molecule has 1 aliphatic rings. The maximum atomic E-state index is 11.7. The molecule has 0 amide bonds. The molecule has 1 aromatic heterocycles. The van der Waals surface area contributed by atoms with E-state index in [4.69, 9.17) is 0 Å². The van der Waals surface area contributed by atoms with E-state index >= 15 is 0 Å². The molecule has 18 heavy (non-hydrogen) atoms. The Hall–Kier alpha value is -1.77. The van der Waals surface area contributed by atoms with E-state index in [-0.39, 0.29) is 5.41 Å². The lowest BCUT2D eigenvalue weighted by Crippen LogP contribution is -2.25. The van der Waals surface area contributed by atoms with Crippen molar-refractivity contribution in [2.45, 2.75) is 25.7 Å². The van der Waals surface area contributed by atoms with Crippen molar-refractivity contribution in [3.8, 4) is 0 Å². The van der Waals surface area contributed by atoms with Gasteiger partial charge in [-0.25, -0.2) is 0 Å². The first-order chi connectivity index (χ1) is 8.40. The maximum Gasteiger partial charge on any atom is 0.314 e. The number of rotatable bonds is 2. The van der Waals surface area contributed by atoms with Crippen molar-refractivity contribution in [3.05, 3.63) is 36.0 Å². The number of hydrogen-bond acceptors (Lipinski definition) is 1. The lowest BCUT2D eigenvalue weighted by atomic mass is 9.86. The summed E-state index contributed by atoms with van der Waals surface area (Å²) in [7, 11) is 1.98. The van der Waals surface area contributed by atoms with Gasteiger partial charge in [0.25, 0.3) is 0 Å². The van der Waals surface area contributed by atoms with Crippen LogP contribution in [0.25, 0.3) is 10.9 Å². The Kier molecular flexibility index (Phi) is 1.99.